The van der Waals surface area contributed by atoms with Gasteiger partial charge in [-0.1, -0.05) is 12.2 Å². The van der Waals surface area contributed by atoms with Gasteiger partial charge in [0.05, 0.1) is 11.9 Å². The molecule has 2 aliphatic carbocycles. The number of anilines is 1. The van der Waals surface area contributed by atoms with E-state index in [0.717, 1.165) is 25.1 Å². The highest BCUT2D eigenvalue weighted by Gasteiger charge is 2.23. The van der Waals surface area contributed by atoms with E-state index in [-0.39, 0.29) is 5.56 Å². The molecule has 0 aliphatic heterocycles. The number of hydrogen-bond acceptors (Lipinski definition) is 3. The highest BCUT2D eigenvalue weighted by molar-refractivity contribution is 9.10. The van der Waals surface area contributed by atoms with Crippen LogP contribution in [0.2, 0.25) is 0 Å². The Kier molecular flexibility index (Phi) is 3.24. The first-order valence-electron chi connectivity index (χ1n) is 6.41. The van der Waals surface area contributed by atoms with E-state index in [9.17, 15) is 4.79 Å². The molecule has 2 aliphatic rings. The highest BCUT2D eigenvalue weighted by Crippen LogP contribution is 2.30. The smallest absolute Gasteiger partial charge is 0.283 e. The lowest BCUT2D eigenvalue weighted by Gasteiger charge is -2.15. The van der Waals surface area contributed by atoms with Crippen molar-refractivity contribution >= 4 is 21.6 Å². The van der Waals surface area contributed by atoms with Crippen molar-refractivity contribution in [3.8, 4) is 0 Å². The van der Waals surface area contributed by atoms with Gasteiger partial charge in [-0.05, 0) is 47.5 Å². The van der Waals surface area contributed by atoms with E-state index in [0.29, 0.717) is 16.4 Å². The van der Waals surface area contributed by atoms with Crippen LogP contribution in [0.3, 0.4) is 0 Å². The summed E-state index contributed by atoms with van der Waals surface area (Å²) in [7, 11) is 0. The van der Waals surface area contributed by atoms with Crippen LogP contribution < -0.4 is 10.9 Å². The maximum atomic E-state index is 12.1. The van der Waals surface area contributed by atoms with Crippen molar-refractivity contribution in [3.05, 3.63) is 33.2 Å². The lowest BCUT2D eigenvalue weighted by Crippen LogP contribution is -2.26. The largest absolute Gasteiger partial charge is 0.379 e. The van der Waals surface area contributed by atoms with E-state index in [1.807, 2.05) is 0 Å². The molecule has 0 spiro atoms. The van der Waals surface area contributed by atoms with Gasteiger partial charge in [0, 0.05) is 12.6 Å². The first-order chi connectivity index (χ1) is 8.74. The molecule has 0 saturated heterocycles. The summed E-state index contributed by atoms with van der Waals surface area (Å²) < 4.78 is 2.17. The van der Waals surface area contributed by atoms with Gasteiger partial charge < -0.3 is 5.32 Å². The lowest BCUT2D eigenvalue weighted by molar-refractivity contribution is 0.531. The molecule has 5 heteroatoms. The van der Waals surface area contributed by atoms with Crippen molar-refractivity contribution in [2.24, 2.45) is 5.92 Å². The lowest BCUT2D eigenvalue weighted by atomic mass is 10.2. The van der Waals surface area contributed by atoms with Gasteiger partial charge in [-0.2, -0.15) is 5.10 Å². The highest BCUT2D eigenvalue weighted by atomic mass is 79.9. The van der Waals surface area contributed by atoms with Crippen molar-refractivity contribution in [1.82, 2.24) is 9.78 Å². The normalized spacial score (nSPS) is 19.4. The summed E-state index contributed by atoms with van der Waals surface area (Å²) in [5, 5.41) is 7.61. The third-order valence-corrected chi connectivity index (χ3v) is 4.25. The zero-order valence-electron chi connectivity index (χ0n) is 10.1. The van der Waals surface area contributed by atoms with Crippen LogP contribution in [-0.2, 0) is 6.54 Å². The molecule has 0 bridgehead atoms. The maximum absolute atomic E-state index is 12.1. The number of nitrogens with zero attached hydrogens (tertiary/aromatic N) is 2. The Labute approximate surface area is 114 Å². The summed E-state index contributed by atoms with van der Waals surface area (Å²) in [5.74, 6) is 0.653. The molecule has 0 aromatic carbocycles. The van der Waals surface area contributed by atoms with Gasteiger partial charge in [-0.3, -0.25) is 4.79 Å². The second-order valence-electron chi connectivity index (χ2n) is 5.09. The Balaban J connectivity index is 1.78. The fraction of sp³-hybridized carbons (Fsp3) is 0.538. The molecule has 0 unspecified atom stereocenters. The van der Waals surface area contributed by atoms with Gasteiger partial charge in [0.25, 0.3) is 5.56 Å². The summed E-state index contributed by atoms with van der Waals surface area (Å²) in [6.45, 7) is 0.753. The minimum atomic E-state index is -0.0298. The minimum Gasteiger partial charge on any atom is -0.379 e. The zero-order valence-corrected chi connectivity index (χ0v) is 11.7. The summed E-state index contributed by atoms with van der Waals surface area (Å²) in [4.78, 5) is 12.1. The fourth-order valence-electron chi connectivity index (χ4n) is 2.20. The van der Waals surface area contributed by atoms with E-state index < -0.39 is 0 Å². The summed E-state index contributed by atoms with van der Waals surface area (Å²) in [6, 6.07) is 0.391. The van der Waals surface area contributed by atoms with Crippen LogP contribution in [0.4, 0.5) is 5.69 Å². The Bertz CT molecular complexity index is 526. The first-order valence-corrected chi connectivity index (χ1v) is 7.20. The van der Waals surface area contributed by atoms with E-state index in [1.165, 1.54) is 12.8 Å². The average Bonchev–Trinajstić information content (AvgIpc) is 3.03. The fourth-order valence-corrected chi connectivity index (χ4v) is 2.62. The van der Waals surface area contributed by atoms with Crippen molar-refractivity contribution in [1.29, 1.82) is 0 Å². The standard InChI is InChI=1S/C13H16BrN3O/c14-12-11(16-10-3-1-2-4-10)7-15-17(13(12)18)8-9-5-6-9/h1-2,7,9-10,16H,3-6,8H2. The molecule has 18 heavy (non-hydrogen) atoms. The van der Waals surface area contributed by atoms with E-state index in [2.05, 4.69) is 38.5 Å². The quantitative estimate of drug-likeness (QED) is 0.870. The molecule has 4 nitrogen and oxygen atoms in total. The zero-order chi connectivity index (χ0) is 12.5. The maximum Gasteiger partial charge on any atom is 0.283 e. The van der Waals surface area contributed by atoms with Gasteiger partial charge >= 0.3 is 0 Å². The number of halogens is 1. The topological polar surface area (TPSA) is 46.9 Å². The molecule has 1 heterocycles. The molecule has 0 amide bonds. The third-order valence-electron chi connectivity index (χ3n) is 3.48. The second-order valence-corrected chi connectivity index (χ2v) is 5.88. The third kappa shape index (κ3) is 2.51. The monoisotopic (exact) mass is 309 g/mol. The molecule has 3 rings (SSSR count). The molecule has 96 valence electrons. The second kappa shape index (κ2) is 4.88. The van der Waals surface area contributed by atoms with Crippen LogP contribution in [0.1, 0.15) is 25.7 Å². The van der Waals surface area contributed by atoms with Gasteiger partial charge in [-0.25, -0.2) is 4.68 Å². The Morgan fingerprint density at radius 1 is 1.39 bits per heavy atom. The van der Waals surface area contributed by atoms with Gasteiger partial charge in [-0.15, -0.1) is 0 Å². The molecule has 1 fully saturated rings. The van der Waals surface area contributed by atoms with Crippen LogP contribution in [-0.4, -0.2) is 15.8 Å². The predicted molar refractivity (Wildman–Crippen MR) is 74.7 cm³/mol. The van der Waals surface area contributed by atoms with E-state index in [1.54, 1.807) is 10.9 Å². The molecular formula is C13H16BrN3O. The number of nitrogens with one attached hydrogen (secondary N) is 1. The average molecular weight is 310 g/mol. The molecule has 0 atom stereocenters. The minimum absolute atomic E-state index is 0.0298. The van der Waals surface area contributed by atoms with Crippen molar-refractivity contribution in [3.63, 3.8) is 0 Å². The summed E-state index contributed by atoms with van der Waals surface area (Å²) in [6.07, 6.45) is 10.5. The van der Waals surface area contributed by atoms with Crippen LogP contribution in [0.15, 0.2) is 27.6 Å². The molecule has 1 N–H and O–H groups in total. The Morgan fingerprint density at radius 3 is 2.78 bits per heavy atom. The predicted octanol–water partition coefficient (Wildman–Crippen LogP) is 2.55. The molecule has 1 aromatic heterocycles. The molecule has 1 aromatic rings. The first kappa shape index (κ1) is 12.0. The van der Waals surface area contributed by atoms with E-state index >= 15 is 0 Å². The van der Waals surface area contributed by atoms with Crippen molar-refractivity contribution in [2.45, 2.75) is 38.3 Å². The van der Waals surface area contributed by atoms with Crippen LogP contribution >= 0.6 is 15.9 Å². The van der Waals surface area contributed by atoms with Gasteiger partial charge in [0.2, 0.25) is 0 Å². The Morgan fingerprint density at radius 2 is 2.11 bits per heavy atom. The van der Waals surface area contributed by atoms with Crippen molar-refractivity contribution < 1.29 is 0 Å². The van der Waals surface area contributed by atoms with Gasteiger partial charge in [0.1, 0.15) is 4.47 Å². The SMILES string of the molecule is O=c1c(Br)c(NC2CC=CC2)cnn1CC1CC1. The van der Waals surface area contributed by atoms with Crippen molar-refractivity contribution in [2.75, 3.05) is 5.32 Å². The van der Waals surface area contributed by atoms with Gasteiger partial charge in [0.15, 0.2) is 0 Å². The molecule has 1 saturated carbocycles. The number of hydrogen-bond donors (Lipinski definition) is 1. The number of rotatable bonds is 4. The van der Waals surface area contributed by atoms with Crippen LogP contribution in [0, 0.1) is 5.92 Å². The molecule has 0 radical (unpaired) electrons. The number of aromatic nitrogens is 2. The summed E-state index contributed by atoms with van der Waals surface area (Å²) >= 11 is 3.39. The van der Waals surface area contributed by atoms with E-state index in [4.69, 9.17) is 0 Å². The Hall–Kier alpha value is -1.10. The summed E-state index contributed by atoms with van der Waals surface area (Å²) in [5.41, 5.74) is 0.776. The van der Waals surface area contributed by atoms with Crippen LogP contribution in [0.5, 0.6) is 0 Å². The van der Waals surface area contributed by atoms with Crippen LogP contribution in [0.25, 0.3) is 0 Å². The molecular weight excluding hydrogens is 294 g/mol.